The number of nitrogens with zero attached hydrogens (tertiary/aromatic N) is 2. The number of hydrogen-bond donors (Lipinski definition) is 1. The Hall–Kier alpha value is -1.36. The van der Waals surface area contributed by atoms with Crippen molar-refractivity contribution >= 4 is 5.97 Å². The maximum atomic E-state index is 10.6. The van der Waals surface area contributed by atoms with Crippen LogP contribution in [0.1, 0.15) is 16.7 Å². The van der Waals surface area contributed by atoms with Crippen LogP contribution in [-0.2, 0) is 4.74 Å². The first-order valence-electron chi connectivity index (χ1n) is 3.63. The van der Waals surface area contributed by atoms with E-state index in [9.17, 15) is 4.79 Å². The van der Waals surface area contributed by atoms with E-state index in [2.05, 4.69) is 4.98 Å². The second-order valence-electron chi connectivity index (χ2n) is 2.65. The molecule has 0 spiro atoms. The van der Waals surface area contributed by atoms with Crippen molar-refractivity contribution in [2.45, 2.75) is 6.04 Å². The zero-order valence-corrected chi connectivity index (χ0v) is 6.30. The van der Waals surface area contributed by atoms with E-state index >= 15 is 0 Å². The molecule has 0 bridgehead atoms. The third-order valence-electron chi connectivity index (χ3n) is 1.87. The van der Waals surface area contributed by atoms with Crippen LogP contribution in [0.15, 0.2) is 12.4 Å². The van der Waals surface area contributed by atoms with Crippen molar-refractivity contribution < 1.29 is 14.6 Å². The molecule has 5 heteroatoms. The summed E-state index contributed by atoms with van der Waals surface area (Å²) in [4.78, 5) is 14.3. The van der Waals surface area contributed by atoms with Crippen molar-refractivity contribution in [2.75, 3.05) is 13.2 Å². The molecule has 1 aromatic rings. The Bertz CT molecular complexity index is 303. The first-order valence-corrected chi connectivity index (χ1v) is 3.63. The maximum Gasteiger partial charge on any atom is 0.372 e. The quantitative estimate of drug-likeness (QED) is 0.682. The van der Waals surface area contributed by atoms with Crippen LogP contribution in [0.3, 0.4) is 0 Å². The summed E-state index contributed by atoms with van der Waals surface area (Å²) in [7, 11) is 0. The van der Waals surface area contributed by atoms with Crippen molar-refractivity contribution in [3.05, 3.63) is 18.2 Å². The standard InChI is InChI=1S/C7H8N2O3/c10-7(11)6-8-1-2-9(6)5-3-12-4-5/h1-2,5H,3-4H2,(H,10,11). The van der Waals surface area contributed by atoms with E-state index in [-0.39, 0.29) is 11.9 Å². The van der Waals surface area contributed by atoms with E-state index in [1.807, 2.05) is 0 Å². The van der Waals surface area contributed by atoms with Gasteiger partial charge in [-0.2, -0.15) is 0 Å². The highest BCUT2D eigenvalue weighted by molar-refractivity contribution is 5.83. The largest absolute Gasteiger partial charge is 0.475 e. The molecule has 0 unspecified atom stereocenters. The molecular formula is C7H8N2O3. The molecule has 5 nitrogen and oxygen atoms in total. The van der Waals surface area contributed by atoms with Gasteiger partial charge in [-0.05, 0) is 0 Å². The fourth-order valence-corrected chi connectivity index (χ4v) is 1.16. The zero-order valence-electron chi connectivity index (χ0n) is 6.30. The second-order valence-corrected chi connectivity index (χ2v) is 2.65. The summed E-state index contributed by atoms with van der Waals surface area (Å²) in [5.41, 5.74) is 0. The average molecular weight is 168 g/mol. The molecule has 1 aromatic heterocycles. The number of aromatic nitrogens is 2. The Labute approximate surface area is 68.6 Å². The second kappa shape index (κ2) is 2.60. The Balaban J connectivity index is 2.29. The van der Waals surface area contributed by atoms with Gasteiger partial charge in [-0.1, -0.05) is 0 Å². The third-order valence-corrected chi connectivity index (χ3v) is 1.87. The molecule has 0 radical (unpaired) electrons. The maximum absolute atomic E-state index is 10.6. The molecule has 1 aliphatic heterocycles. The lowest BCUT2D eigenvalue weighted by Gasteiger charge is -2.27. The number of hydrogen-bond acceptors (Lipinski definition) is 3. The minimum atomic E-state index is -0.994. The van der Waals surface area contributed by atoms with E-state index in [4.69, 9.17) is 9.84 Å². The van der Waals surface area contributed by atoms with Gasteiger partial charge < -0.3 is 14.4 Å². The van der Waals surface area contributed by atoms with Crippen molar-refractivity contribution in [2.24, 2.45) is 0 Å². The highest BCUT2D eigenvalue weighted by Gasteiger charge is 2.24. The van der Waals surface area contributed by atoms with Gasteiger partial charge in [0.2, 0.25) is 5.82 Å². The van der Waals surface area contributed by atoms with Gasteiger partial charge >= 0.3 is 5.97 Å². The molecule has 1 aliphatic rings. The van der Waals surface area contributed by atoms with Crippen molar-refractivity contribution in [1.29, 1.82) is 0 Å². The molecule has 0 saturated carbocycles. The van der Waals surface area contributed by atoms with Gasteiger partial charge in [0.15, 0.2) is 0 Å². The summed E-state index contributed by atoms with van der Waals surface area (Å²) in [6.45, 7) is 1.16. The van der Waals surface area contributed by atoms with Crippen LogP contribution in [-0.4, -0.2) is 33.8 Å². The van der Waals surface area contributed by atoms with Crippen LogP contribution in [0.4, 0.5) is 0 Å². The molecule has 1 saturated heterocycles. The topological polar surface area (TPSA) is 64.3 Å². The smallest absolute Gasteiger partial charge is 0.372 e. The summed E-state index contributed by atoms with van der Waals surface area (Å²) < 4.78 is 6.58. The van der Waals surface area contributed by atoms with Crippen LogP contribution in [0.25, 0.3) is 0 Å². The lowest BCUT2D eigenvalue weighted by atomic mass is 10.2. The molecular weight excluding hydrogens is 160 g/mol. The number of carboxylic acid groups (broad SMARTS) is 1. The Kier molecular flexibility index (Phi) is 1.58. The average Bonchev–Trinajstić information content (AvgIpc) is 2.31. The molecule has 2 rings (SSSR count). The van der Waals surface area contributed by atoms with Crippen LogP contribution < -0.4 is 0 Å². The van der Waals surface area contributed by atoms with Crippen LogP contribution in [0.5, 0.6) is 0 Å². The number of rotatable bonds is 2. The van der Waals surface area contributed by atoms with Crippen molar-refractivity contribution in [3.8, 4) is 0 Å². The van der Waals surface area contributed by atoms with Crippen LogP contribution >= 0.6 is 0 Å². The van der Waals surface area contributed by atoms with E-state index in [0.29, 0.717) is 13.2 Å². The van der Waals surface area contributed by atoms with Crippen molar-refractivity contribution in [3.63, 3.8) is 0 Å². The van der Waals surface area contributed by atoms with Gasteiger partial charge in [-0.25, -0.2) is 9.78 Å². The molecule has 2 heterocycles. The fourth-order valence-electron chi connectivity index (χ4n) is 1.16. The van der Waals surface area contributed by atoms with Gasteiger partial charge in [0.1, 0.15) is 0 Å². The number of carbonyl (C=O) groups is 1. The summed E-state index contributed by atoms with van der Waals surface area (Å²) >= 11 is 0. The summed E-state index contributed by atoms with van der Waals surface area (Å²) in [5, 5.41) is 8.70. The number of aromatic carboxylic acids is 1. The van der Waals surface area contributed by atoms with E-state index < -0.39 is 5.97 Å². The van der Waals surface area contributed by atoms with Crippen LogP contribution in [0, 0.1) is 0 Å². The first-order chi connectivity index (χ1) is 5.79. The lowest BCUT2D eigenvalue weighted by molar-refractivity contribution is -0.0246. The Morgan fingerprint density at radius 2 is 2.50 bits per heavy atom. The fraction of sp³-hybridized carbons (Fsp3) is 0.429. The Morgan fingerprint density at radius 3 is 3.00 bits per heavy atom. The minimum Gasteiger partial charge on any atom is -0.475 e. The van der Waals surface area contributed by atoms with E-state index in [1.165, 1.54) is 6.20 Å². The Morgan fingerprint density at radius 1 is 1.75 bits per heavy atom. The highest BCUT2D eigenvalue weighted by Crippen LogP contribution is 2.18. The first kappa shape index (κ1) is 7.30. The molecule has 0 aromatic carbocycles. The predicted molar refractivity (Wildman–Crippen MR) is 39.0 cm³/mol. The molecule has 0 amide bonds. The summed E-state index contributed by atoms with van der Waals surface area (Å²) in [6, 6.07) is 0.151. The predicted octanol–water partition coefficient (Wildman–Crippen LogP) is 0.153. The van der Waals surface area contributed by atoms with Gasteiger partial charge in [0, 0.05) is 12.4 Å². The lowest BCUT2D eigenvalue weighted by Crippen LogP contribution is -2.32. The molecule has 1 N–H and O–H groups in total. The molecule has 0 aliphatic carbocycles. The minimum absolute atomic E-state index is 0.0864. The van der Waals surface area contributed by atoms with Gasteiger partial charge in [0.25, 0.3) is 0 Å². The van der Waals surface area contributed by atoms with Crippen LogP contribution in [0.2, 0.25) is 0 Å². The van der Waals surface area contributed by atoms with Gasteiger partial charge in [-0.3, -0.25) is 0 Å². The zero-order chi connectivity index (χ0) is 8.55. The molecule has 0 atom stereocenters. The highest BCUT2D eigenvalue weighted by atomic mass is 16.5. The monoisotopic (exact) mass is 168 g/mol. The van der Waals surface area contributed by atoms with Gasteiger partial charge in [-0.15, -0.1) is 0 Å². The SMILES string of the molecule is O=C(O)c1nccn1C1COC1. The molecule has 1 fully saturated rings. The molecule has 64 valence electrons. The third kappa shape index (κ3) is 0.984. The van der Waals surface area contributed by atoms with Crippen molar-refractivity contribution in [1.82, 2.24) is 9.55 Å². The van der Waals surface area contributed by atoms with E-state index in [1.54, 1.807) is 10.8 Å². The number of imidazole rings is 1. The summed E-state index contributed by atoms with van der Waals surface area (Å²) in [5.74, 6) is -0.907. The number of ether oxygens (including phenoxy) is 1. The van der Waals surface area contributed by atoms with Gasteiger partial charge in [0.05, 0.1) is 19.3 Å². The summed E-state index contributed by atoms with van der Waals surface area (Å²) in [6.07, 6.45) is 3.15. The molecule has 12 heavy (non-hydrogen) atoms. The van der Waals surface area contributed by atoms with E-state index in [0.717, 1.165) is 0 Å². The number of carboxylic acids is 1. The normalized spacial score (nSPS) is 17.3.